The van der Waals surface area contributed by atoms with Crippen LogP contribution in [0.15, 0.2) is 12.3 Å². The van der Waals surface area contributed by atoms with Crippen molar-refractivity contribution in [3.8, 4) is 0 Å². The summed E-state index contributed by atoms with van der Waals surface area (Å²) in [7, 11) is 1.92. The van der Waals surface area contributed by atoms with Gasteiger partial charge in [0.2, 0.25) is 5.91 Å². The summed E-state index contributed by atoms with van der Waals surface area (Å²) in [6, 6.07) is 2.23. The van der Waals surface area contributed by atoms with E-state index >= 15 is 0 Å². The second kappa shape index (κ2) is 3.44. The van der Waals surface area contributed by atoms with E-state index < -0.39 is 0 Å². The van der Waals surface area contributed by atoms with Gasteiger partial charge in [-0.15, -0.1) is 0 Å². The molecule has 2 heterocycles. The highest BCUT2D eigenvalue weighted by atomic mass is 16.2. The van der Waals surface area contributed by atoms with Crippen LogP contribution in [0.2, 0.25) is 0 Å². The summed E-state index contributed by atoms with van der Waals surface area (Å²) in [6.07, 6.45) is 3.93. The topological polar surface area (TPSA) is 38.1 Å². The molecule has 4 heteroatoms. The van der Waals surface area contributed by atoms with E-state index in [4.69, 9.17) is 0 Å². The van der Waals surface area contributed by atoms with Crippen molar-refractivity contribution in [3.05, 3.63) is 18.0 Å². The maximum atomic E-state index is 11.4. The minimum absolute atomic E-state index is 0.161. The van der Waals surface area contributed by atoms with Crippen molar-refractivity contribution in [3.63, 3.8) is 0 Å². The van der Waals surface area contributed by atoms with E-state index in [9.17, 15) is 4.79 Å². The van der Waals surface area contributed by atoms with Gasteiger partial charge >= 0.3 is 0 Å². The van der Waals surface area contributed by atoms with Gasteiger partial charge in [0.05, 0.1) is 11.7 Å². The number of hydrogen-bond acceptors (Lipinski definition) is 2. The number of amides is 1. The molecule has 1 amide bonds. The van der Waals surface area contributed by atoms with Crippen LogP contribution in [0.4, 0.5) is 0 Å². The van der Waals surface area contributed by atoms with Crippen LogP contribution in [-0.4, -0.2) is 27.1 Å². The van der Waals surface area contributed by atoms with Crippen LogP contribution in [0.5, 0.6) is 0 Å². The fourth-order valence-corrected chi connectivity index (χ4v) is 2.16. The molecule has 0 radical (unpaired) electrons. The molecule has 1 aromatic heterocycles. The Hall–Kier alpha value is -1.32. The predicted molar refractivity (Wildman–Crippen MR) is 52.6 cm³/mol. The quantitative estimate of drug-likeness (QED) is 0.670. The van der Waals surface area contributed by atoms with E-state index in [0.717, 1.165) is 25.1 Å². The van der Waals surface area contributed by atoms with E-state index in [1.807, 2.05) is 22.7 Å². The minimum Gasteiger partial charge on any atom is -0.334 e. The second-order valence-corrected chi connectivity index (χ2v) is 3.75. The van der Waals surface area contributed by atoms with Gasteiger partial charge in [0.1, 0.15) is 0 Å². The molecule has 1 saturated heterocycles. The number of nitrogens with zero attached hydrogens (tertiary/aromatic N) is 3. The number of carbonyl (C=O) groups excluding carboxylic acids is 1. The van der Waals surface area contributed by atoms with Gasteiger partial charge in [0.15, 0.2) is 0 Å². The Kier molecular flexibility index (Phi) is 2.27. The SMILES string of the molecule is CC(=O)N1CCCC1c1ccnn1C. The van der Waals surface area contributed by atoms with Gasteiger partial charge in [-0.25, -0.2) is 0 Å². The van der Waals surface area contributed by atoms with Crippen LogP contribution < -0.4 is 0 Å². The summed E-state index contributed by atoms with van der Waals surface area (Å²) in [5, 5.41) is 4.13. The van der Waals surface area contributed by atoms with E-state index in [2.05, 4.69) is 5.10 Å². The summed E-state index contributed by atoms with van der Waals surface area (Å²) in [6.45, 7) is 2.51. The number of hydrogen-bond donors (Lipinski definition) is 0. The van der Waals surface area contributed by atoms with Crippen molar-refractivity contribution >= 4 is 5.91 Å². The third kappa shape index (κ3) is 1.41. The van der Waals surface area contributed by atoms with Crippen LogP contribution in [0.25, 0.3) is 0 Å². The first-order chi connectivity index (χ1) is 6.70. The standard InChI is InChI=1S/C10H15N3O/c1-8(14)13-7-3-4-10(13)9-5-6-11-12(9)2/h5-6,10H,3-4,7H2,1-2H3. The summed E-state index contributed by atoms with van der Waals surface area (Å²) in [4.78, 5) is 13.3. The molecule has 1 unspecified atom stereocenters. The first-order valence-electron chi connectivity index (χ1n) is 4.95. The average molecular weight is 193 g/mol. The number of likely N-dealkylation sites (tertiary alicyclic amines) is 1. The van der Waals surface area contributed by atoms with Crippen molar-refractivity contribution in [2.45, 2.75) is 25.8 Å². The first kappa shape index (κ1) is 9.24. The Bertz CT molecular complexity index is 345. The lowest BCUT2D eigenvalue weighted by Crippen LogP contribution is -2.29. The normalized spacial score (nSPS) is 21.6. The zero-order valence-corrected chi connectivity index (χ0v) is 8.60. The molecule has 0 N–H and O–H groups in total. The van der Waals surface area contributed by atoms with Crippen LogP contribution in [-0.2, 0) is 11.8 Å². The Morgan fingerprint density at radius 2 is 2.43 bits per heavy atom. The third-order valence-electron chi connectivity index (χ3n) is 2.86. The Labute approximate surface area is 83.5 Å². The summed E-state index contributed by atoms with van der Waals surface area (Å²) < 4.78 is 1.85. The molecule has 76 valence electrons. The van der Waals surface area contributed by atoms with Crippen molar-refractivity contribution in [2.24, 2.45) is 7.05 Å². The fourth-order valence-electron chi connectivity index (χ4n) is 2.16. The van der Waals surface area contributed by atoms with Gasteiger partial charge < -0.3 is 4.90 Å². The van der Waals surface area contributed by atoms with E-state index in [1.165, 1.54) is 0 Å². The van der Waals surface area contributed by atoms with E-state index in [1.54, 1.807) is 13.1 Å². The molecule has 4 nitrogen and oxygen atoms in total. The van der Waals surface area contributed by atoms with Crippen molar-refractivity contribution in [1.82, 2.24) is 14.7 Å². The highest BCUT2D eigenvalue weighted by molar-refractivity contribution is 5.74. The minimum atomic E-state index is 0.161. The summed E-state index contributed by atoms with van der Waals surface area (Å²) in [5.41, 5.74) is 1.14. The second-order valence-electron chi connectivity index (χ2n) is 3.75. The molecule has 14 heavy (non-hydrogen) atoms. The lowest BCUT2D eigenvalue weighted by atomic mass is 10.1. The number of aromatic nitrogens is 2. The van der Waals surface area contributed by atoms with Gasteiger partial charge in [-0.3, -0.25) is 9.48 Å². The zero-order valence-electron chi connectivity index (χ0n) is 8.60. The highest BCUT2D eigenvalue weighted by Crippen LogP contribution is 2.31. The lowest BCUT2D eigenvalue weighted by molar-refractivity contribution is -0.129. The van der Waals surface area contributed by atoms with Gasteiger partial charge in [0, 0.05) is 26.7 Å². The first-order valence-corrected chi connectivity index (χ1v) is 4.95. The molecule has 1 aliphatic rings. The number of aryl methyl sites for hydroxylation is 1. The van der Waals surface area contributed by atoms with Gasteiger partial charge in [-0.05, 0) is 18.9 Å². The third-order valence-corrected chi connectivity index (χ3v) is 2.86. The lowest BCUT2D eigenvalue weighted by Gasteiger charge is -2.23. The molecule has 1 atom stereocenters. The van der Waals surface area contributed by atoms with Crippen molar-refractivity contribution in [2.75, 3.05) is 6.54 Å². The summed E-state index contributed by atoms with van der Waals surface area (Å²) >= 11 is 0. The van der Waals surface area contributed by atoms with Crippen LogP contribution in [0.1, 0.15) is 31.5 Å². The van der Waals surface area contributed by atoms with Gasteiger partial charge in [0.25, 0.3) is 0 Å². The van der Waals surface area contributed by atoms with E-state index in [0.29, 0.717) is 0 Å². The molecule has 1 aromatic rings. The largest absolute Gasteiger partial charge is 0.334 e. The molecular weight excluding hydrogens is 178 g/mol. The number of rotatable bonds is 1. The summed E-state index contributed by atoms with van der Waals surface area (Å²) in [5.74, 6) is 0.161. The molecule has 0 saturated carbocycles. The maximum absolute atomic E-state index is 11.4. The molecule has 2 rings (SSSR count). The molecule has 0 aromatic carbocycles. The van der Waals surface area contributed by atoms with Crippen LogP contribution in [0.3, 0.4) is 0 Å². The maximum Gasteiger partial charge on any atom is 0.220 e. The number of carbonyl (C=O) groups is 1. The van der Waals surface area contributed by atoms with Crippen molar-refractivity contribution in [1.29, 1.82) is 0 Å². The molecule has 0 bridgehead atoms. The highest BCUT2D eigenvalue weighted by Gasteiger charge is 2.29. The smallest absolute Gasteiger partial charge is 0.220 e. The fraction of sp³-hybridized carbons (Fsp3) is 0.600. The van der Waals surface area contributed by atoms with Crippen LogP contribution in [0, 0.1) is 0 Å². The van der Waals surface area contributed by atoms with E-state index in [-0.39, 0.29) is 11.9 Å². The Balaban J connectivity index is 2.26. The van der Waals surface area contributed by atoms with Crippen molar-refractivity contribution < 1.29 is 4.79 Å². The Morgan fingerprint density at radius 1 is 1.64 bits per heavy atom. The molecule has 1 aliphatic heterocycles. The monoisotopic (exact) mass is 193 g/mol. The Morgan fingerprint density at radius 3 is 3.00 bits per heavy atom. The molecule has 0 spiro atoms. The van der Waals surface area contributed by atoms with Gasteiger partial charge in [-0.1, -0.05) is 0 Å². The molecule has 1 fully saturated rings. The predicted octanol–water partition coefficient (Wildman–Crippen LogP) is 1.10. The van der Waals surface area contributed by atoms with Gasteiger partial charge in [-0.2, -0.15) is 5.10 Å². The van der Waals surface area contributed by atoms with Crippen LogP contribution >= 0.6 is 0 Å². The zero-order chi connectivity index (χ0) is 10.1. The molecule has 0 aliphatic carbocycles. The molecular formula is C10H15N3O. The average Bonchev–Trinajstić information content (AvgIpc) is 2.70.